The predicted octanol–water partition coefficient (Wildman–Crippen LogP) is 1.04. The standard InChI is InChI=1S/C10H11BrN4O2/c1-15-13-9(12-14-15)6-17-10-7(5-16)3-2-4-8(10)11/h2-4,16H,5-6H2,1H3. The lowest BCUT2D eigenvalue weighted by atomic mass is 10.2. The van der Waals surface area contributed by atoms with E-state index in [9.17, 15) is 5.11 Å². The van der Waals surface area contributed by atoms with Gasteiger partial charge in [-0.1, -0.05) is 12.1 Å². The van der Waals surface area contributed by atoms with Gasteiger partial charge in [0.2, 0.25) is 5.82 Å². The lowest BCUT2D eigenvalue weighted by Gasteiger charge is -2.10. The third-order valence-electron chi connectivity index (χ3n) is 2.11. The second-order valence-electron chi connectivity index (χ2n) is 3.37. The van der Waals surface area contributed by atoms with Crippen molar-refractivity contribution < 1.29 is 9.84 Å². The average Bonchev–Trinajstić information content (AvgIpc) is 2.73. The van der Waals surface area contributed by atoms with Crippen LogP contribution in [0.1, 0.15) is 11.4 Å². The number of hydrogen-bond donors (Lipinski definition) is 1. The topological polar surface area (TPSA) is 73.1 Å². The van der Waals surface area contributed by atoms with Crippen molar-refractivity contribution in [3.63, 3.8) is 0 Å². The molecule has 0 unspecified atom stereocenters. The molecule has 0 fully saturated rings. The van der Waals surface area contributed by atoms with Gasteiger partial charge < -0.3 is 9.84 Å². The van der Waals surface area contributed by atoms with E-state index in [0.717, 1.165) is 4.47 Å². The number of ether oxygens (including phenoxy) is 1. The van der Waals surface area contributed by atoms with Crippen LogP contribution in [0.15, 0.2) is 22.7 Å². The number of halogens is 1. The van der Waals surface area contributed by atoms with Gasteiger partial charge in [0, 0.05) is 5.56 Å². The van der Waals surface area contributed by atoms with Crippen molar-refractivity contribution >= 4 is 15.9 Å². The summed E-state index contributed by atoms with van der Waals surface area (Å²) in [5.74, 6) is 1.09. The summed E-state index contributed by atoms with van der Waals surface area (Å²) in [4.78, 5) is 1.37. The molecule has 90 valence electrons. The molecule has 0 spiro atoms. The van der Waals surface area contributed by atoms with Crippen LogP contribution in [0.2, 0.25) is 0 Å². The van der Waals surface area contributed by atoms with Crippen molar-refractivity contribution in [1.82, 2.24) is 20.2 Å². The Hall–Kier alpha value is -1.47. The highest BCUT2D eigenvalue weighted by molar-refractivity contribution is 9.10. The van der Waals surface area contributed by atoms with Crippen molar-refractivity contribution in [2.45, 2.75) is 13.2 Å². The van der Waals surface area contributed by atoms with Gasteiger partial charge in [-0.25, -0.2) is 0 Å². The third-order valence-corrected chi connectivity index (χ3v) is 2.74. The van der Waals surface area contributed by atoms with Gasteiger partial charge in [0.1, 0.15) is 5.75 Å². The first-order chi connectivity index (χ1) is 8.20. The van der Waals surface area contributed by atoms with Crippen LogP contribution in [-0.2, 0) is 20.3 Å². The van der Waals surface area contributed by atoms with Crippen LogP contribution in [0.25, 0.3) is 0 Å². The minimum absolute atomic E-state index is 0.0807. The van der Waals surface area contributed by atoms with E-state index in [-0.39, 0.29) is 13.2 Å². The van der Waals surface area contributed by atoms with E-state index in [4.69, 9.17) is 4.74 Å². The van der Waals surface area contributed by atoms with E-state index >= 15 is 0 Å². The predicted molar refractivity (Wildman–Crippen MR) is 63.2 cm³/mol. The normalized spacial score (nSPS) is 10.5. The van der Waals surface area contributed by atoms with Crippen molar-refractivity contribution in [2.75, 3.05) is 0 Å². The number of aliphatic hydroxyl groups is 1. The fourth-order valence-electron chi connectivity index (χ4n) is 1.36. The molecule has 0 amide bonds. The second-order valence-corrected chi connectivity index (χ2v) is 4.22. The fourth-order valence-corrected chi connectivity index (χ4v) is 1.88. The van der Waals surface area contributed by atoms with E-state index in [0.29, 0.717) is 17.1 Å². The maximum absolute atomic E-state index is 9.20. The molecule has 17 heavy (non-hydrogen) atoms. The monoisotopic (exact) mass is 298 g/mol. The molecule has 0 radical (unpaired) electrons. The number of aryl methyl sites for hydroxylation is 1. The van der Waals surface area contributed by atoms with Gasteiger partial charge in [0.25, 0.3) is 0 Å². The molecular formula is C10H11BrN4O2. The number of rotatable bonds is 4. The van der Waals surface area contributed by atoms with Gasteiger partial charge in [0.05, 0.1) is 18.1 Å². The number of para-hydroxylation sites is 1. The number of aliphatic hydroxyl groups excluding tert-OH is 1. The molecule has 7 heteroatoms. The Balaban J connectivity index is 2.13. The third kappa shape index (κ3) is 2.80. The number of hydrogen-bond acceptors (Lipinski definition) is 5. The first kappa shape index (κ1) is 12.0. The van der Waals surface area contributed by atoms with Crippen LogP contribution in [0.3, 0.4) is 0 Å². The molecular weight excluding hydrogens is 288 g/mol. The summed E-state index contributed by atoms with van der Waals surface area (Å²) in [6.45, 7) is 0.131. The number of tetrazole rings is 1. The Bertz CT molecular complexity index is 515. The summed E-state index contributed by atoms with van der Waals surface area (Å²) in [5, 5.41) is 20.7. The van der Waals surface area contributed by atoms with Crippen molar-refractivity contribution in [3.8, 4) is 5.75 Å². The van der Waals surface area contributed by atoms with Gasteiger partial charge in [0.15, 0.2) is 6.61 Å². The largest absolute Gasteiger partial charge is 0.484 e. The number of benzene rings is 1. The summed E-state index contributed by atoms with van der Waals surface area (Å²) < 4.78 is 6.36. The van der Waals surface area contributed by atoms with Crippen LogP contribution in [0, 0.1) is 0 Å². The van der Waals surface area contributed by atoms with Crippen molar-refractivity contribution in [1.29, 1.82) is 0 Å². The molecule has 0 aliphatic heterocycles. The van der Waals surface area contributed by atoms with Crippen LogP contribution in [0.5, 0.6) is 5.75 Å². The molecule has 2 aromatic rings. The number of nitrogens with zero attached hydrogens (tertiary/aromatic N) is 4. The zero-order valence-electron chi connectivity index (χ0n) is 9.17. The first-order valence-corrected chi connectivity index (χ1v) is 5.74. The van der Waals surface area contributed by atoms with Gasteiger partial charge in [-0.05, 0) is 27.2 Å². The van der Waals surface area contributed by atoms with Gasteiger partial charge in [-0.15, -0.1) is 10.2 Å². The first-order valence-electron chi connectivity index (χ1n) is 4.94. The van der Waals surface area contributed by atoms with E-state index < -0.39 is 0 Å². The highest BCUT2D eigenvalue weighted by Crippen LogP contribution is 2.29. The highest BCUT2D eigenvalue weighted by atomic mass is 79.9. The molecule has 1 N–H and O–H groups in total. The Kier molecular flexibility index (Phi) is 3.70. The maximum Gasteiger partial charge on any atom is 0.212 e. The molecule has 6 nitrogen and oxygen atoms in total. The molecule has 1 aromatic carbocycles. The van der Waals surface area contributed by atoms with E-state index in [2.05, 4.69) is 31.3 Å². The summed E-state index contributed by atoms with van der Waals surface area (Å²) in [7, 11) is 1.69. The van der Waals surface area contributed by atoms with E-state index in [1.807, 2.05) is 12.1 Å². The zero-order chi connectivity index (χ0) is 12.3. The molecule has 0 bridgehead atoms. The number of aromatic nitrogens is 4. The van der Waals surface area contributed by atoms with Crippen molar-refractivity contribution in [3.05, 3.63) is 34.1 Å². The quantitative estimate of drug-likeness (QED) is 0.913. The van der Waals surface area contributed by atoms with Crippen LogP contribution in [-0.4, -0.2) is 25.3 Å². The average molecular weight is 299 g/mol. The lowest BCUT2D eigenvalue weighted by molar-refractivity contribution is 0.254. The van der Waals surface area contributed by atoms with Crippen molar-refractivity contribution in [2.24, 2.45) is 7.05 Å². The van der Waals surface area contributed by atoms with E-state index in [1.165, 1.54) is 4.80 Å². The van der Waals surface area contributed by atoms with E-state index in [1.54, 1.807) is 13.1 Å². The maximum atomic E-state index is 9.20. The summed E-state index contributed by atoms with van der Waals surface area (Å²) in [6.07, 6.45) is 0. The summed E-state index contributed by atoms with van der Waals surface area (Å²) in [5.41, 5.74) is 0.711. The van der Waals surface area contributed by atoms with Crippen LogP contribution in [0.4, 0.5) is 0 Å². The highest BCUT2D eigenvalue weighted by Gasteiger charge is 2.09. The molecule has 1 aromatic heterocycles. The molecule has 0 aliphatic carbocycles. The minimum Gasteiger partial charge on any atom is -0.484 e. The molecule has 1 heterocycles. The van der Waals surface area contributed by atoms with Crippen LogP contribution >= 0.6 is 15.9 Å². The SMILES string of the molecule is Cn1nnc(COc2c(Br)cccc2CO)n1. The Morgan fingerprint density at radius 1 is 1.47 bits per heavy atom. The fraction of sp³-hybridized carbons (Fsp3) is 0.300. The summed E-state index contributed by atoms with van der Waals surface area (Å²) >= 11 is 3.37. The molecule has 0 aliphatic rings. The Morgan fingerprint density at radius 3 is 2.94 bits per heavy atom. The Morgan fingerprint density at radius 2 is 2.29 bits per heavy atom. The molecule has 0 saturated heterocycles. The molecule has 0 saturated carbocycles. The van der Waals surface area contributed by atoms with Crippen LogP contribution < -0.4 is 4.74 Å². The zero-order valence-corrected chi connectivity index (χ0v) is 10.8. The minimum atomic E-state index is -0.0807. The van der Waals surface area contributed by atoms with Gasteiger partial charge in [-0.3, -0.25) is 0 Å². The molecule has 0 atom stereocenters. The van der Waals surface area contributed by atoms with Gasteiger partial charge >= 0.3 is 0 Å². The van der Waals surface area contributed by atoms with Gasteiger partial charge in [-0.2, -0.15) is 4.80 Å². The Labute approximate surface area is 106 Å². The molecule has 2 rings (SSSR count). The smallest absolute Gasteiger partial charge is 0.212 e. The second kappa shape index (κ2) is 5.24. The summed E-state index contributed by atoms with van der Waals surface area (Å²) in [6, 6.07) is 5.48. The lowest BCUT2D eigenvalue weighted by Crippen LogP contribution is -2.02.